The quantitative estimate of drug-likeness (QED) is 0.834. The molecule has 2 nitrogen and oxygen atoms in total. The van der Waals surface area contributed by atoms with Crippen LogP contribution in [-0.4, -0.2) is 11.1 Å². The molecule has 0 heterocycles. The Hall–Kier alpha value is -1.38. The van der Waals surface area contributed by atoms with Gasteiger partial charge in [-0.25, -0.2) is 4.39 Å². The first kappa shape index (κ1) is 11.1. The normalized spacial score (nSPS) is 23.5. The van der Waals surface area contributed by atoms with Crippen molar-refractivity contribution >= 4 is 5.97 Å². The van der Waals surface area contributed by atoms with Crippen LogP contribution in [0.25, 0.3) is 0 Å². The fourth-order valence-electron chi connectivity index (χ4n) is 2.56. The number of carbonyl (C=O) groups is 1. The molecule has 0 saturated carbocycles. The van der Waals surface area contributed by atoms with Crippen molar-refractivity contribution in [3.05, 3.63) is 35.1 Å². The fraction of sp³-hybridized carbons (Fsp3) is 0.462. The predicted octanol–water partition coefficient (Wildman–Crippen LogP) is 3.14. The number of carboxylic acids is 1. The van der Waals surface area contributed by atoms with E-state index in [1.165, 1.54) is 12.1 Å². The molecule has 0 fully saturated rings. The average Bonchev–Trinajstić information content (AvgIpc) is 2.56. The standard InChI is InChI=1S/C13H15FO2/c1-7(2)10-6-12(13(15)16)11-5-8(14)3-4-9(10)11/h3-5,7,10,12H,6H2,1-2H3,(H,15,16). The lowest BCUT2D eigenvalue weighted by molar-refractivity contribution is -0.138. The van der Waals surface area contributed by atoms with E-state index >= 15 is 0 Å². The summed E-state index contributed by atoms with van der Waals surface area (Å²) in [5, 5.41) is 9.13. The highest BCUT2D eigenvalue weighted by Crippen LogP contribution is 2.45. The van der Waals surface area contributed by atoms with E-state index < -0.39 is 11.9 Å². The van der Waals surface area contributed by atoms with Crippen LogP contribution in [0.4, 0.5) is 4.39 Å². The summed E-state index contributed by atoms with van der Waals surface area (Å²) in [5.74, 6) is -1.13. The van der Waals surface area contributed by atoms with Crippen LogP contribution in [0.15, 0.2) is 18.2 Å². The number of hydrogen-bond acceptors (Lipinski definition) is 1. The number of halogens is 1. The minimum absolute atomic E-state index is 0.233. The molecule has 0 bridgehead atoms. The smallest absolute Gasteiger partial charge is 0.311 e. The van der Waals surface area contributed by atoms with Gasteiger partial charge >= 0.3 is 5.97 Å². The Balaban J connectivity index is 2.48. The summed E-state index contributed by atoms with van der Waals surface area (Å²) >= 11 is 0. The third-order valence-electron chi connectivity index (χ3n) is 3.42. The average molecular weight is 222 g/mol. The molecule has 2 atom stereocenters. The van der Waals surface area contributed by atoms with Crippen molar-refractivity contribution in [2.75, 3.05) is 0 Å². The zero-order valence-electron chi connectivity index (χ0n) is 9.40. The molecule has 1 aliphatic rings. The topological polar surface area (TPSA) is 37.3 Å². The van der Waals surface area contributed by atoms with Crippen molar-refractivity contribution < 1.29 is 14.3 Å². The molecule has 0 spiro atoms. The number of benzene rings is 1. The molecular weight excluding hydrogens is 207 g/mol. The summed E-state index contributed by atoms with van der Waals surface area (Å²) in [7, 11) is 0. The maximum atomic E-state index is 13.1. The summed E-state index contributed by atoms with van der Waals surface area (Å²) in [4.78, 5) is 11.1. The summed E-state index contributed by atoms with van der Waals surface area (Å²) < 4.78 is 13.1. The highest BCUT2D eigenvalue weighted by molar-refractivity contribution is 5.78. The van der Waals surface area contributed by atoms with Crippen LogP contribution in [-0.2, 0) is 4.79 Å². The van der Waals surface area contributed by atoms with Gasteiger partial charge in [0.15, 0.2) is 0 Å². The summed E-state index contributed by atoms with van der Waals surface area (Å²) in [6.45, 7) is 4.14. The monoisotopic (exact) mass is 222 g/mol. The maximum Gasteiger partial charge on any atom is 0.311 e. The summed E-state index contributed by atoms with van der Waals surface area (Å²) in [6, 6.07) is 4.52. The van der Waals surface area contributed by atoms with Crippen molar-refractivity contribution in [2.24, 2.45) is 5.92 Å². The van der Waals surface area contributed by atoms with Gasteiger partial charge in [0.1, 0.15) is 5.82 Å². The van der Waals surface area contributed by atoms with Crippen molar-refractivity contribution in [3.8, 4) is 0 Å². The second-order valence-corrected chi connectivity index (χ2v) is 4.75. The van der Waals surface area contributed by atoms with Gasteiger partial charge in [0.05, 0.1) is 5.92 Å². The van der Waals surface area contributed by atoms with Gasteiger partial charge in [0, 0.05) is 0 Å². The molecule has 1 aromatic carbocycles. The van der Waals surface area contributed by atoms with E-state index in [-0.39, 0.29) is 11.7 Å². The van der Waals surface area contributed by atoms with E-state index in [1.807, 2.05) is 0 Å². The first-order chi connectivity index (χ1) is 7.50. The van der Waals surface area contributed by atoms with E-state index in [0.29, 0.717) is 17.9 Å². The van der Waals surface area contributed by atoms with Crippen LogP contribution in [0.3, 0.4) is 0 Å². The van der Waals surface area contributed by atoms with Gasteiger partial charge < -0.3 is 5.11 Å². The number of fused-ring (bicyclic) bond motifs is 1. The van der Waals surface area contributed by atoms with Crippen molar-refractivity contribution in [2.45, 2.75) is 32.1 Å². The molecule has 0 saturated heterocycles. The molecule has 0 aliphatic heterocycles. The van der Waals surface area contributed by atoms with E-state index in [0.717, 1.165) is 5.56 Å². The van der Waals surface area contributed by atoms with Crippen LogP contribution in [0, 0.1) is 11.7 Å². The molecule has 0 amide bonds. The first-order valence-corrected chi connectivity index (χ1v) is 5.53. The molecule has 2 unspecified atom stereocenters. The molecule has 3 heteroatoms. The summed E-state index contributed by atoms with van der Waals surface area (Å²) in [5.41, 5.74) is 1.66. The molecule has 0 radical (unpaired) electrons. The Bertz CT molecular complexity index is 426. The molecular formula is C13H15FO2. The van der Waals surface area contributed by atoms with Crippen LogP contribution in [0.5, 0.6) is 0 Å². The maximum absolute atomic E-state index is 13.1. The van der Waals surface area contributed by atoms with Gasteiger partial charge in [0.2, 0.25) is 0 Å². The summed E-state index contributed by atoms with van der Waals surface area (Å²) in [6.07, 6.45) is 0.589. The van der Waals surface area contributed by atoms with Crippen molar-refractivity contribution in [1.82, 2.24) is 0 Å². The zero-order valence-corrected chi connectivity index (χ0v) is 9.40. The Kier molecular flexibility index (Phi) is 2.70. The van der Waals surface area contributed by atoms with E-state index in [1.54, 1.807) is 6.07 Å². The third-order valence-corrected chi connectivity index (χ3v) is 3.42. The van der Waals surface area contributed by atoms with Gasteiger partial charge in [-0.3, -0.25) is 4.79 Å². The number of hydrogen-bond donors (Lipinski definition) is 1. The predicted molar refractivity (Wildman–Crippen MR) is 59.0 cm³/mol. The first-order valence-electron chi connectivity index (χ1n) is 5.53. The number of aliphatic carboxylic acids is 1. The van der Waals surface area contributed by atoms with E-state index in [9.17, 15) is 9.18 Å². The van der Waals surface area contributed by atoms with Gasteiger partial charge in [-0.15, -0.1) is 0 Å². The van der Waals surface area contributed by atoms with Gasteiger partial charge in [-0.05, 0) is 41.5 Å². The molecule has 0 aromatic heterocycles. The van der Waals surface area contributed by atoms with E-state index in [4.69, 9.17) is 5.11 Å². The Morgan fingerprint density at radius 1 is 1.44 bits per heavy atom. The second kappa shape index (κ2) is 3.89. The van der Waals surface area contributed by atoms with Gasteiger partial charge in [-0.2, -0.15) is 0 Å². The third kappa shape index (κ3) is 1.70. The molecule has 16 heavy (non-hydrogen) atoms. The highest BCUT2D eigenvalue weighted by atomic mass is 19.1. The SMILES string of the molecule is CC(C)C1CC(C(=O)O)c2cc(F)ccc21. The van der Waals surface area contributed by atoms with E-state index in [2.05, 4.69) is 13.8 Å². The number of rotatable bonds is 2. The lowest BCUT2D eigenvalue weighted by atomic mass is 9.90. The van der Waals surface area contributed by atoms with Crippen LogP contribution >= 0.6 is 0 Å². The van der Waals surface area contributed by atoms with Crippen LogP contribution in [0.2, 0.25) is 0 Å². The van der Waals surface area contributed by atoms with Crippen LogP contribution < -0.4 is 0 Å². The van der Waals surface area contributed by atoms with Gasteiger partial charge in [0.25, 0.3) is 0 Å². The minimum atomic E-state index is -0.852. The number of carboxylic acid groups (broad SMARTS) is 1. The molecule has 1 aromatic rings. The highest BCUT2D eigenvalue weighted by Gasteiger charge is 2.36. The Morgan fingerprint density at radius 3 is 2.69 bits per heavy atom. The van der Waals surface area contributed by atoms with Crippen LogP contribution in [0.1, 0.15) is 43.2 Å². The largest absolute Gasteiger partial charge is 0.481 e. The fourth-order valence-corrected chi connectivity index (χ4v) is 2.56. The zero-order chi connectivity index (χ0) is 11.9. The lowest BCUT2D eigenvalue weighted by Crippen LogP contribution is -2.09. The van der Waals surface area contributed by atoms with Crippen molar-refractivity contribution in [3.63, 3.8) is 0 Å². The molecule has 2 rings (SSSR count). The molecule has 1 aliphatic carbocycles. The Labute approximate surface area is 94.1 Å². The lowest BCUT2D eigenvalue weighted by Gasteiger charge is -2.15. The molecule has 86 valence electrons. The van der Waals surface area contributed by atoms with Gasteiger partial charge in [-0.1, -0.05) is 19.9 Å². The van der Waals surface area contributed by atoms with Crippen molar-refractivity contribution in [1.29, 1.82) is 0 Å². The Morgan fingerprint density at radius 2 is 2.12 bits per heavy atom. The second-order valence-electron chi connectivity index (χ2n) is 4.75. The minimum Gasteiger partial charge on any atom is -0.481 e. The molecule has 1 N–H and O–H groups in total.